The molecule has 1 atom stereocenters. The van der Waals surface area contributed by atoms with Crippen LogP contribution in [0, 0.1) is 17.6 Å². The van der Waals surface area contributed by atoms with Crippen LogP contribution in [-0.4, -0.2) is 29.1 Å². The number of halogens is 3. The number of carbonyl (C=O) groups is 1. The van der Waals surface area contributed by atoms with Gasteiger partial charge >= 0.3 is 5.97 Å². The molecular weight excluding hydrogens is 276 g/mol. The molecule has 1 N–H and O–H groups in total. The van der Waals surface area contributed by atoms with Crippen LogP contribution in [0.3, 0.4) is 0 Å². The Hall–Kier alpha value is -1.20. The summed E-state index contributed by atoms with van der Waals surface area (Å²) in [6, 6.07) is 3.80. The van der Waals surface area contributed by atoms with E-state index in [4.69, 9.17) is 5.11 Å². The van der Waals surface area contributed by atoms with Crippen molar-refractivity contribution in [1.82, 2.24) is 4.90 Å². The summed E-state index contributed by atoms with van der Waals surface area (Å²) in [5.74, 6) is -2.87. The highest BCUT2D eigenvalue weighted by Gasteiger charge is 2.25. The van der Waals surface area contributed by atoms with Crippen molar-refractivity contribution in [2.45, 2.75) is 19.4 Å². The lowest BCUT2D eigenvalue weighted by Gasteiger charge is -2.30. The number of carboxylic acids is 1. The van der Waals surface area contributed by atoms with Gasteiger partial charge in [0.15, 0.2) is 11.6 Å². The second-order valence-electron chi connectivity index (χ2n) is 4.66. The monoisotopic (exact) mass is 291 g/mol. The number of rotatable bonds is 3. The molecule has 2 rings (SSSR count). The summed E-state index contributed by atoms with van der Waals surface area (Å²) in [4.78, 5) is 12.9. The Labute approximate surface area is 116 Å². The number of benzene rings is 1. The van der Waals surface area contributed by atoms with Gasteiger partial charge in [0.25, 0.3) is 0 Å². The second-order valence-corrected chi connectivity index (χ2v) is 4.66. The van der Waals surface area contributed by atoms with E-state index in [1.807, 2.05) is 4.90 Å². The normalized spacial score (nSPS) is 19.8. The molecule has 0 aromatic heterocycles. The van der Waals surface area contributed by atoms with Crippen LogP contribution in [0.15, 0.2) is 18.2 Å². The maximum atomic E-state index is 13.1. The summed E-state index contributed by atoms with van der Waals surface area (Å²) in [6.45, 7) is 1.72. The summed E-state index contributed by atoms with van der Waals surface area (Å²) >= 11 is 0. The van der Waals surface area contributed by atoms with Crippen LogP contribution in [-0.2, 0) is 11.3 Å². The van der Waals surface area contributed by atoms with Crippen molar-refractivity contribution in [2.24, 2.45) is 5.92 Å². The van der Waals surface area contributed by atoms with Crippen molar-refractivity contribution in [1.29, 1.82) is 0 Å². The molecule has 3 nitrogen and oxygen atoms in total. The van der Waals surface area contributed by atoms with Gasteiger partial charge in [-0.1, -0.05) is 6.07 Å². The molecule has 0 bridgehead atoms. The average molecular weight is 292 g/mol. The fourth-order valence-corrected chi connectivity index (χ4v) is 2.30. The smallest absolute Gasteiger partial charge is 0.307 e. The summed E-state index contributed by atoms with van der Waals surface area (Å²) in [5.41, 5.74) is 0.667. The molecule has 1 heterocycles. The Balaban J connectivity index is 0.00000180. The summed E-state index contributed by atoms with van der Waals surface area (Å²) < 4.78 is 25.8. The van der Waals surface area contributed by atoms with Crippen molar-refractivity contribution >= 4 is 18.4 Å². The number of piperidine rings is 1. The average Bonchev–Trinajstić information content (AvgIpc) is 2.34. The van der Waals surface area contributed by atoms with Crippen molar-refractivity contribution < 1.29 is 18.7 Å². The van der Waals surface area contributed by atoms with Crippen LogP contribution in [0.25, 0.3) is 0 Å². The molecule has 0 amide bonds. The first-order valence-electron chi connectivity index (χ1n) is 5.95. The molecule has 1 aliphatic rings. The lowest BCUT2D eigenvalue weighted by molar-refractivity contribution is -0.143. The third-order valence-electron chi connectivity index (χ3n) is 3.24. The lowest BCUT2D eigenvalue weighted by atomic mass is 9.98. The molecule has 106 valence electrons. The van der Waals surface area contributed by atoms with Gasteiger partial charge in [-0.15, -0.1) is 12.4 Å². The van der Waals surface area contributed by atoms with E-state index in [-0.39, 0.29) is 18.3 Å². The van der Waals surface area contributed by atoms with E-state index in [0.717, 1.165) is 19.0 Å². The zero-order valence-corrected chi connectivity index (χ0v) is 11.1. The second kappa shape index (κ2) is 6.82. The summed E-state index contributed by atoms with van der Waals surface area (Å²) in [5, 5.41) is 8.97. The topological polar surface area (TPSA) is 40.5 Å². The highest BCUT2D eigenvalue weighted by Crippen LogP contribution is 2.19. The van der Waals surface area contributed by atoms with Gasteiger partial charge in [0.1, 0.15) is 0 Å². The molecule has 1 aromatic carbocycles. The molecule has 0 spiro atoms. The van der Waals surface area contributed by atoms with E-state index in [2.05, 4.69) is 0 Å². The standard InChI is InChI=1S/C13H15F2NO2.ClH/c14-11-4-3-9(6-12(11)15)7-16-5-1-2-10(8-16)13(17)18;/h3-4,6,10H,1-2,5,7-8H2,(H,17,18);1H. The quantitative estimate of drug-likeness (QED) is 0.931. The van der Waals surface area contributed by atoms with Gasteiger partial charge in [-0.25, -0.2) is 8.78 Å². The predicted molar refractivity (Wildman–Crippen MR) is 69.2 cm³/mol. The number of hydrogen-bond acceptors (Lipinski definition) is 2. The highest BCUT2D eigenvalue weighted by atomic mass is 35.5. The maximum Gasteiger partial charge on any atom is 0.307 e. The minimum Gasteiger partial charge on any atom is -0.481 e. The van der Waals surface area contributed by atoms with Gasteiger partial charge in [-0.05, 0) is 37.1 Å². The fourth-order valence-electron chi connectivity index (χ4n) is 2.30. The molecular formula is C13H16ClF2NO2. The number of hydrogen-bond donors (Lipinski definition) is 1. The first-order chi connectivity index (χ1) is 8.56. The van der Waals surface area contributed by atoms with Crippen molar-refractivity contribution in [3.05, 3.63) is 35.4 Å². The van der Waals surface area contributed by atoms with E-state index in [0.29, 0.717) is 25.1 Å². The van der Waals surface area contributed by atoms with E-state index >= 15 is 0 Å². The van der Waals surface area contributed by atoms with Crippen LogP contribution in [0.4, 0.5) is 8.78 Å². The molecule has 6 heteroatoms. The van der Waals surface area contributed by atoms with Gasteiger partial charge in [0.05, 0.1) is 5.92 Å². The molecule has 1 aliphatic heterocycles. The minimum absolute atomic E-state index is 0. The molecule has 1 saturated heterocycles. The van der Waals surface area contributed by atoms with E-state index < -0.39 is 17.6 Å². The zero-order valence-electron chi connectivity index (χ0n) is 10.3. The van der Waals surface area contributed by atoms with Crippen LogP contribution in [0.1, 0.15) is 18.4 Å². The van der Waals surface area contributed by atoms with E-state index in [1.165, 1.54) is 12.1 Å². The number of likely N-dealkylation sites (tertiary alicyclic amines) is 1. The van der Waals surface area contributed by atoms with Gasteiger partial charge in [0, 0.05) is 13.1 Å². The maximum absolute atomic E-state index is 13.1. The Morgan fingerprint density at radius 2 is 2.11 bits per heavy atom. The molecule has 0 aliphatic carbocycles. The van der Waals surface area contributed by atoms with Gasteiger partial charge < -0.3 is 5.11 Å². The van der Waals surface area contributed by atoms with Crippen LogP contribution < -0.4 is 0 Å². The zero-order chi connectivity index (χ0) is 13.1. The van der Waals surface area contributed by atoms with Gasteiger partial charge in [0.2, 0.25) is 0 Å². The number of carboxylic acid groups (broad SMARTS) is 1. The molecule has 1 fully saturated rings. The van der Waals surface area contributed by atoms with Crippen LogP contribution in [0.5, 0.6) is 0 Å². The summed E-state index contributed by atoms with van der Waals surface area (Å²) in [7, 11) is 0. The fraction of sp³-hybridized carbons (Fsp3) is 0.462. The minimum atomic E-state index is -0.862. The van der Waals surface area contributed by atoms with Crippen molar-refractivity contribution in [3.63, 3.8) is 0 Å². The van der Waals surface area contributed by atoms with E-state index in [9.17, 15) is 13.6 Å². The van der Waals surface area contributed by atoms with Gasteiger partial charge in [-0.2, -0.15) is 0 Å². The van der Waals surface area contributed by atoms with Crippen LogP contribution >= 0.6 is 12.4 Å². The number of aliphatic carboxylic acids is 1. The molecule has 0 saturated carbocycles. The Bertz CT molecular complexity index is 456. The third-order valence-corrected chi connectivity index (χ3v) is 3.24. The van der Waals surface area contributed by atoms with Crippen molar-refractivity contribution in [3.8, 4) is 0 Å². The Morgan fingerprint density at radius 1 is 1.37 bits per heavy atom. The Kier molecular flexibility index (Phi) is 5.69. The first-order valence-corrected chi connectivity index (χ1v) is 5.95. The molecule has 19 heavy (non-hydrogen) atoms. The summed E-state index contributed by atoms with van der Waals surface area (Å²) in [6.07, 6.45) is 1.50. The first kappa shape index (κ1) is 15.9. The SMILES string of the molecule is Cl.O=C(O)C1CCCN(Cc2ccc(F)c(F)c2)C1. The lowest BCUT2D eigenvalue weighted by Crippen LogP contribution is -2.38. The molecule has 0 radical (unpaired) electrons. The molecule has 1 aromatic rings. The largest absolute Gasteiger partial charge is 0.481 e. The van der Waals surface area contributed by atoms with E-state index in [1.54, 1.807) is 0 Å². The van der Waals surface area contributed by atoms with Gasteiger partial charge in [-0.3, -0.25) is 9.69 Å². The molecule has 1 unspecified atom stereocenters. The third kappa shape index (κ3) is 4.14. The Morgan fingerprint density at radius 3 is 2.74 bits per heavy atom. The predicted octanol–water partition coefficient (Wildman–Crippen LogP) is 2.68. The van der Waals surface area contributed by atoms with Crippen molar-refractivity contribution in [2.75, 3.05) is 13.1 Å². The number of nitrogens with zero attached hydrogens (tertiary/aromatic N) is 1. The van der Waals surface area contributed by atoms with Crippen LogP contribution in [0.2, 0.25) is 0 Å². The highest BCUT2D eigenvalue weighted by molar-refractivity contribution is 5.85.